The zero-order valence-electron chi connectivity index (χ0n) is 35.5. The third kappa shape index (κ3) is 8.64. The topological polar surface area (TPSA) is 362 Å². The van der Waals surface area contributed by atoms with Crippen LogP contribution in [0.2, 0.25) is 0 Å². The Balaban J connectivity index is 1.41. The van der Waals surface area contributed by atoms with Gasteiger partial charge in [0.25, 0.3) is 0 Å². The first-order chi connectivity index (χ1) is 30.7. The van der Waals surface area contributed by atoms with Crippen LogP contribution in [0.5, 0.6) is 23.0 Å². The molecule has 0 amide bonds. The maximum Gasteiger partial charge on any atom is 0.340 e. The fourth-order valence-corrected chi connectivity index (χ4v) is 9.01. The summed E-state index contributed by atoms with van der Waals surface area (Å²) in [6.07, 6.45) is -16.1. The summed E-state index contributed by atoms with van der Waals surface area (Å²) in [5, 5.41) is 121. The van der Waals surface area contributed by atoms with Crippen LogP contribution in [0.3, 0.4) is 0 Å². The number of phenols is 3. The highest BCUT2D eigenvalue weighted by atomic mass is 16.8. The van der Waals surface area contributed by atoms with E-state index in [1.807, 2.05) is 26.8 Å². The summed E-state index contributed by atoms with van der Waals surface area (Å²) in [6.45, 7) is 5.32. The highest BCUT2D eigenvalue weighted by molar-refractivity contribution is 5.89. The van der Waals surface area contributed by atoms with Crippen molar-refractivity contribution in [1.29, 1.82) is 0 Å². The van der Waals surface area contributed by atoms with Gasteiger partial charge in [-0.3, -0.25) is 4.79 Å². The van der Waals surface area contributed by atoms with E-state index < -0.39 is 120 Å². The number of nitrogens with one attached hydrogen (secondary N) is 1. The number of hydrogen-bond donors (Lipinski definition) is 13. The Morgan fingerprint density at radius 1 is 0.954 bits per heavy atom. The van der Waals surface area contributed by atoms with Crippen molar-refractivity contribution in [3.63, 3.8) is 0 Å². The van der Waals surface area contributed by atoms with Crippen molar-refractivity contribution in [2.75, 3.05) is 6.61 Å². The van der Waals surface area contributed by atoms with Crippen LogP contribution >= 0.6 is 0 Å². The molecule has 65 heavy (non-hydrogen) atoms. The zero-order valence-corrected chi connectivity index (χ0v) is 35.5. The fourth-order valence-electron chi connectivity index (χ4n) is 9.01. The lowest BCUT2D eigenvalue weighted by Crippen LogP contribution is -2.71. The van der Waals surface area contributed by atoms with Gasteiger partial charge in [0, 0.05) is 53.5 Å². The molecule has 1 aromatic heterocycles. The largest absolute Gasteiger partial charge is 0.507 e. The van der Waals surface area contributed by atoms with E-state index in [9.17, 15) is 70.6 Å². The van der Waals surface area contributed by atoms with Crippen molar-refractivity contribution < 1.29 is 89.1 Å². The molecule has 2 fully saturated rings. The van der Waals surface area contributed by atoms with Crippen molar-refractivity contribution in [1.82, 2.24) is 5.32 Å². The standard InChI is InChI=1S/C44H54N2O19/c1-4-17-9-20(15-46-40(17)45)22-12-21(6-5-16(2)3)44(39(57)35(55)34(54)38(65-44)42(60)63-43-36(56)32(52)33(53)37(62-43)41(58)59)64-27-14-26-29(31(51)28(22)27)23(48)13-25(61-26)19-10-18(7-8-47)30(50)24(49)11-19/h9-11,13-16,21-22,32-40,43,46-47,49-57H,4-8,12,45H2,1-3H3,(H,58,59). The lowest BCUT2D eigenvalue weighted by Gasteiger charge is -2.50. The molecule has 0 radical (unpaired) electrons. The van der Waals surface area contributed by atoms with Crippen LogP contribution in [0.1, 0.15) is 63.5 Å². The highest BCUT2D eigenvalue weighted by Gasteiger charge is 2.63. The SMILES string of the molecule is CCC1=CC(C2CC(CCC(C)C)C3(Oc4cc5oc(-c6cc(O)c(O)c(CCO)c6)cc(=O)c5c(O)c42)OC(C(=O)OC2OC(C(=O)O)C(O)C(O)C2O)C(O)C(O)C3O)=CNC1N. The molecule has 4 aliphatic heterocycles. The predicted octanol–water partition coefficient (Wildman–Crippen LogP) is -0.248. The average molecular weight is 915 g/mol. The molecular weight excluding hydrogens is 860 g/mol. The first kappa shape index (κ1) is 47.6. The van der Waals surface area contributed by atoms with E-state index in [-0.39, 0.29) is 64.3 Å². The molecule has 2 aromatic carbocycles. The Morgan fingerprint density at radius 2 is 1.66 bits per heavy atom. The number of nitrogens with two attached hydrogens (primary N) is 1. The maximum atomic E-state index is 14.1. The monoisotopic (exact) mass is 914 g/mol. The summed E-state index contributed by atoms with van der Waals surface area (Å²) in [6, 6.07) is 4.79. The Morgan fingerprint density at radius 3 is 2.32 bits per heavy atom. The van der Waals surface area contributed by atoms with Crippen molar-refractivity contribution in [2.24, 2.45) is 17.6 Å². The lowest BCUT2D eigenvalue weighted by atomic mass is 9.74. The summed E-state index contributed by atoms with van der Waals surface area (Å²) < 4.78 is 29.6. The minimum atomic E-state index is -2.53. The normalized spacial score (nSPS) is 32.5. The van der Waals surface area contributed by atoms with E-state index in [2.05, 4.69) is 5.32 Å². The number of phenolic OH excluding ortho intramolecular Hbond substituents is 3. The van der Waals surface area contributed by atoms with E-state index in [0.717, 1.165) is 17.7 Å². The van der Waals surface area contributed by atoms with Gasteiger partial charge in [-0.15, -0.1) is 0 Å². The number of aliphatic hydroxyl groups is 7. The Labute approximate surface area is 370 Å². The average Bonchev–Trinajstić information content (AvgIpc) is 3.39. The molecule has 0 bridgehead atoms. The molecule has 3 aromatic rings. The van der Waals surface area contributed by atoms with Gasteiger partial charge in [-0.05, 0) is 54.9 Å². The van der Waals surface area contributed by atoms with E-state index in [0.29, 0.717) is 18.4 Å². The number of rotatable bonds is 11. The smallest absolute Gasteiger partial charge is 0.340 e. The summed E-state index contributed by atoms with van der Waals surface area (Å²) in [7, 11) is 0. The van der Waals surface area contributed by atoms with Crippen molar-refractivity contribution in [3.05, 3.63) is 69.0 Å². The van der Waals surface area contributed by atoms with Crippen molar-refractivity contribution >= 4 is 22.9 Å². The quantitative estimate of drug-likeness (QED) is 0.0871. The van der Waals surface area contributed by atoms with Crippen molar-refractivity contribution in [2.45, 2.75) is 126 Å². The molecule has 2 saturated heterocycles. The molecule has 5 heterocycles. The molecule has 0 saturated carbocycles. The van der Waals surface area contributed by atoms with Gasteiger partial charge in [0.2, 0.25) is 12.1 Å². The number of hydrogen-bond acceptors (Lipinski definition) is 20. The van der Waals surface area contributed by atoms with Crippen LogP contribution < -0.4 is 21.2 Å². The van der Waals surface area contributed by atoms with Gasteiger partial charge in [0.1, 0.15) is 64.9 Å². The van der Waals surface area contributed by atoms with Gasteiger partial charge in [0.05, 0.1) is 6.17 Å². The zero-order chi connectivity index (χ0) is 47.4. The fraction of sp³-hybridized carbons (Fsp3) is 0.523. The molecule has 21 nitrogen and oxygen atoms in total. The molecule has 21 heteroatoms. The molecule has 14 N–H and O–H groups in total. The van der Waals surface area contributed by atoms with Gasteiger partial charge in [-0.2, -0.15) is 0 Å². The molecule has 4 aliphatic rings. The summed E-state index contributed by atoms with van der Waals surface area (Å²) in [4.78, 5) is 39.9. The van der Waals surface area contributed by atoms with Crippen LogP contribution in [0.15, 0.2) is 56.9 Å². The molecule has 7 rings (SSSR count). The van der Waals surface area contributed by atoms with Crippen LogP contribution in [0.25, 0.3) is 22.3 Å². The number of allylic oxidation sites excluding steroid dienone is 2. The third-order valence-corrected chi connectivity index (χ3v) is 12.6. The minimum absolute atomic E-state index is 0.00627. The number of aliphatic carboxylic acids is 1. The van der Waals surface area contributed by atoms with Crippen LogP contribution in [0.4, 0.5) is 0 Å². The van der Waals surface area contributed by atoms with E-state index in [1.54, 1.807) is 6.20 Å². The van der Waals surface area contributed by atoms with E-state index in [1.165, 1.54) is 12.1 Å². The van der Waals surface area contributed by atoms with Gasteiger partial charge < -0.3 is 90.6 Å². The number of benzene rings is 2. The number of carbonyl (C=O) groups is 2. The number of esters is 1. The molecule has 13 unspecified atom stereocenters. The van der Waals surface area contributed by atoms with Crippen LogP contribution in [-0.4, -0.2) is 142 Å². The van der Waals surface area contributed by atoms with Gasteiger partial charge >= 0.3 is 11.9 Å². The van der Waals surface area contributed by atoms with E-state index >= 15 is 0 Å². The molecule has 0 aliphatic carbocycles. The summed E-state index contributed by atoms with van der Waals surface area (Å²) in [5.74, 6) is -9.97. The van der Waals surface area contributed by atoms with Gasteiger partial charge in [-0.25, -0.2) is 9.59 Å². The third-order valence-electron chi connectivity index (χ3n) is 12.6. The Bertz CT molecular complexity index is 2430. The van der Waals surface area contributed by atoms with Crippen molar-refractivity contribution in [3.8, 4) is 34.3 Å². The number of carboxylic acids is 1. The first-order valence-corrected chi connectivity index (χ1v) is 21.2. The summed E-state index contributed by atoms with van der Waals surface area (Å²) in [5.41, 5.74) is 6.80. The van der Waals surface area contributed by atoms with Gasteiger partial charge in [0.15, 0.2) is 29.1 Å². The molecular formula is C44H54N2O19. The minimum Gasteiger partial charge on any atom is -0.507 e. The highest BCUT2D eigenvalue weighted by Crippen LogP contribution is 2.55. The second kappa shape index (κ2) is 18.5. The molecule has 354 valence electrons. The number of dihydropyridines is 1. The molecule has 13 atom stereocenters. The number of carbonyl (C=O) groups excluding carboxylic acids is 1. The number of carboxylic acid groups (broad SMARTS) is 1. The number of aliphatic hydroxyl groups excluding tert-OH is 7. The van der Waals surface area contributed by atoms with Crippen LogP contribution in [0, 0.1) is 11.8 Å². The lowest BCUT2D eigenvalue weighted by molar-refractivity contribution is -0.354. The summed E-state index contributed by atoms with van der Waals surface area (Å²) >= 11 is 0. The molecule has 1 spiro atoms. The van der Waals surface area contributed by atoms with Crippen LogP contribution in [-0.2, 0) is 30.2 Å². The predicted molar refractivity (Wildman–Crippen MR) is 223 cm³/mol. The number of aromatic hydroxyl groups is 3. The number of ether oxygens (including phenoxy) is 4. The maximum absolute atomic E-state index is 14.1. The second-order valence-corrected chi connectivity index (χ2v) is 17.2. The second-order valence-electron chi connectivity index (χ2n) is 17.2. The Kier molecular flexibility index (Phi) is 13.6. The van der Waals surface area contributed by atoms with E-state index in [4.69, 9.17) is 29.1 Å². The number of fused-ring (bicyclic) bond motifs is 2. The van der Waals surface area contributed by atoms with Gasteiger partial charge in [-0.1, -0.05) is 33.3 Å². The first-order valence-electron chi connectivity index (χ1n) is 21.2. The Hall–Kier alpha value is -5.33.